The van der Waals surface area contributed by atoms with E-state index in [9.17, 15) is 18.8 Å². The second-order valence-corrected chi connectivity index (χ2v) is 4.08. The van der Waals surface area contributed by atoms with Gasteiger partial charge in [0.2, 0.25) is 0 Å². The number of anilines is 1. The van der Waals surface area contributed by atoms with Gasteiger partial charge in [-0.05, 0) is 18.2 Å². The van der Waals surface area contributed by atoms with E-state index >= 15 is 0 Å². The van der Waals surface area contributed by atoms with Gasteiger partial charge in [-0.15, -0.1) is 4.73 Å². The van der Waals surface area contributed by atoms with Crippen molar-refractivity contribution in [1.29, 1.82) is 0 Å². The zero-order valence-electron chi connectivity index (χ0n) is 11.2. The first kappa shape index (κ1) is 15.5. The van der Waals surface area contributed by atoms with E-state index in [0.29, 0.717) is 4.73 Å². The van der Waals surface area contributed by atoms with Crippen molar-refractivity contribution in [3.63, 3.8) is 0 Å². The van der Waals surface area contributed by atoms with E-state index in [2.05, 4.69) is 10.1 Å². The maximum absolute atomic E-state index is 12.3. The minimum absolute atomic E-state index is 0.0465. The van der Waals surface area contributed by atoms with Gasteiger partial charge >= 0.3 is 12.5 Å². The number of halogens is 2. The molecule has 6 nitrogen and oxygen atoms in total. The Morgan fingerprint density at radius 1 is 1.23 bits per heavy atom. The fraction of sp³-hybridized carbons (Fsp3) is 0.143. The molecule has 0 radical (unpaired) electrons. The van der Waals surface area contributed by atoms with Crippen molar-refractivity contribution in [2.75, 3.05) is 11.9 Å². The molecule has 0 aliphatic heterocycles. The lowest BCUT2D eigenvalue weighted by Crippen LogP contribution is -2.30. The molecule has 0 saturated heterocycles. The summed E-state index contributed by atoms with van der Waals surface area (Å²) in [6.45, 7) is -3.45. The van der Waals surface area contributed by atoms with Gasteiger partial charge in [0.05, 0.1) is 11.8 Å². The van der Waals surface area contributed by atoms with Crippen LogP contribution in [0.2, 0.25) is 0 Å². The van der Waals surface area contributed by atoms with Crippen molar-refractivity contribution < 1.29 is 27.8 Å². The molecule has 1 aromatic heterocycles. The third kappa shape index (κ3) is 4.30. The van der Waals surface area contributed by atoms with Crippen LogP contribution in [0.3, 0.4) is 0 Å². The zero-order chi connectivity index (χ0) is 15.9. The van der Waals surface area contributed by atoms with Gasteiger partial charge in [0, 0.05) is 6.07 Å². The normalized spacial score (nSPS) is 10.3. The monoisotopic (exact) mass is 310 g/mol. The Bertz CT molecular complexity index is 652. The van der Waals surface area contributed by atoms with E-state index in [0.717, 1.165) is 0 Å². The molecule has 0 bridgehead atoms. The maximum Gasteiger partial charge on any atom is 0.387 e. The standard InChI is InChI=1S/C14H12F2N2O4/c15-14(16)22-11-6-2-1-5-10(11)17-12(19)9-21-13-7-3-4-8-18(13)20/h1-8,14H,9H2,(H,17,19). The van der Waals surface area contributed by atoms with Gasteiger partial charge < -0.3 is 20.0 Å². The third-order valence-corrected chi connectivity index (χ3v) is 2.52. The molecule has 0 fully saturated rings. The molecular formula is C14H12F2N2O4. The van der Waals surface area contributed by atoms with Crippen LogP contribution in [-0.2, 0) is 4.79 Å². The van der Waals surface area contributed by atoms with Crippen molar-refractivity contribution in [3.8, 4) is 11.6 Å². The van der Waals surface area contributed by atoms with Crippen LogP contribution in [0.15, 0.2) is 48.7 Å². The Kier molecular flexibility index (Phi) is 5.07. The van der Waals surface area contributed by atoms with Gasteiger partial charge in [0.1, 0.15) is 5.75 Å². The molecule has 22 heavy (non-hydrogen) atoms. The van der Waals surface area contributed by atoms with Gasteiger partial charge in [0.25, 0.3) is 5.91 Å². The van der Waals surface area contributed by atoms with Crippen molar-refractivity contribution in [2.24, 2.45) is 0 Å². The van der Waals surface area contributed by atoms with Crippen molar-refractivity contribution in [1.82, 2.24) is 0 Å². The summed E-state index contributed by atoms with van der Waals surface area (Å²) in [5.74, 6) is -0.826. The quantitative estimate of drug-likeness (QED) is 0.653. The van der Waals surface area contributed by atoms with E-state index in [1.54, 1.807) is 12.1 Å². The highest BCUT2D eigenvalue weighted by molar-refractivity contribution is 5.93. The molecule has 0 spiro atoms. The third-order valence-electron chi connectivity index (χ3n) is 2.52. The predicted molar refractivity (Wildman–Crippen MR) is 72.6 cm³/mol. The number of aromatic nitrogens is 1. The Balaban J connectivity index is 1.96. The van der Waals surface area contributed by atoms with Gasteiger partial charge in [0.15, 0.2) is 12.8 Å². The summed E-state index contributed by atoms with van der Waals surface area (Å²) in [5, 5.41) is 13.7. The van der Waals surface area contributed by atoms with Crippen molar-refractivity contribution in [2.45, 2.75) is 6.61 Å². The van der Waals surface area contributed by atoms with Crippen LogP contribution in [0.4, 0.5) is 14.5 Å². The highest BCUT2D eigenvalue weighted by Gasteiger charge is 2.13. The van der Waals surface area contributed by atoms with E-state index in [-0.39, 0.29) is 17.3 Å². The highest BCUT2D eigenvalue weighted by Crippen LogP contribution is 2.25. The number of alkyl halides is 2. The summed E-state index contributed by atoms with van der Waals surface area (Å²) in [4.78, 5) is 11.7. The molecule has 0 aliphatic carbocycles. The number of ether oxygens (including phenoxy) is 2. The first-order valence-corrected chi connectivity index (χ1v) is 6.21. The molecule has 0 aliphatic rings. The zero-order valence-corrected chi connectivity index (χ0v) is 11.2. The number of amides is 1. The lowest BCUT2D eigenvalue weighted by molar-refractivity contribution is -0.612. The fourth-order valence-electron chi connectivity index (χ4n) is 1.62. The number of benzene rings is 1. The lowest BCUT2D eigenvalue weighted by atomic mass is 10.3. The summed E-state index contributed by atoms with van der Waals surface area (Å²) in [6, 6.07) is 10.2. The molecular weight excluding hydrogens is 298 g/mol. The molecule has 0 atom stereocenters. The summed E-state index contributed by atoms with van der Waals surface area (Å²) in [5.41, 5.74) is 0.0828. The maximum atomic E-state index is 12.3. The minimum atomic E-state index is -3.00. The summed E-state index contributed by atoms with van der Waals surface area (Å²) in [6.07, 6.45) is 1.22. The van der Waals surface area contributed by atoms with Crippen LogP contribution in [0.25, 0.3) is 0 Å². The largest absolute Gasteiger partial charge is 0.616 e. The molecule has 0 unspecified atom stereocenters. The van der Waals surface area contributed by atoms with E-state index in [1.807, 2.05) is 0 Å². The summed E-state index contributed by atoms with van der Waals surface area (Å²) < 4.78 is 34.3. The number of rotatable bonds is 6. The number of nitrogens with zero attached hydrogens (tertiary/aromatic N) is 1. The Morgan fingerprint density at radius 3 is 2.68 bits per heavy atom. The number of hydrogen-bond donors (Lipinski definition) is 1. The molecule has 1 heterocycles. The second kappa shape index (κ2) is 7.21. The number of carbonyl (C=O) groups excluding carboxylic acids is 1. The van der Waals surface area contributed by atoms with Gasteiger partial charge in [-0.2, -0.15) is 8.78 Å². The molecule has 116 valence electrons. The van der Waals surface area contributed by atoms with Gasteiger partial charge in [-0.1, -0.05) is 12.1 Å². The topological polar surface area (TPSA) is 74.5 Å². The fourth-order valence-corrected chi connectivity index (χ4v) is 1.62. The number of hydrogen-bond acceptors (Lipinski definition) is 4. The Morgan fingerprint density at radius 2 is 1.95 bits per heavy atom. The number of para-hydroxylation sites is 2. The smallest absolute Gasteiger partial charge is 0.387 e. The van der Waals surface area contributed by atoms with Crippen molar-refractivity contribution in [3.05, 3.63) is 53.9 Å². The predicted octanol–water partition coefficient (Wildman–Crippen LogP) is 1.94. The summed E-state index contributed by atoms with van der Waals surface area (Å²) >= 11 is 0. The molecule has 1 aromatic carbocycles. The van der Waals surface area contributed by atoms with E-state index in [1.165, 1.54) is 36.5 Å². The van der Waals surface area contributed by atoms with Crippen LogP contribution < -0.4 is 19.5 Å². The molecule has 0 saturated carbocycles. The molecule has 8 heteroatoms. The Labute approximate surface area is 124 Å². The average molecular weight is 310 g/mol. The molecule has 1 amide bonds. The van der Waals surface area contributed by atoms with Crippen molar-refractivity contribution >= 4 is 11.6 Å². The SMILES string of the molecule is O=C(COc1cccc[n+]1[O-])Nc1ccccc1OC(F)F. The van der Waals surface area contributed by atoms with Gasteiger partial charge in [-0.3, -0.25) is 4.79 Å². The Hall–Kier alpha value is -2.90. The number of carbonyl (C=O) groups is 1. The molecule has 1 N–H and O–H groups in total. The van der Waals surface area contributed by atoms with E-state index in [4.69, 9.17) is 4.74 Å². The van der Waals surface area contributed by atoms with Crippen LogP contribution >= 0.6 is 0 Å². The molecule has 2 aromatic rings. The number of pyridine rings is 1. The van der Waals surface area contributed by atoms with E-state index < -0.39 is 19.1 Å². The lowest BCUT2D eigenvalue weighted by Gasteiger charge is -2.11. The second-order valence-electron chi connectivity index (χ2n) is 4.08. The first-order chi connectivity index (χ1) is 10.6. The van der Waals surface area contributed by atoms with Crippen LogP contribution in [-0.4, -0.2) is 19.1 Å². The van der Waals surface area contributed by atoms with Crippen LogP contribution in [0.1, 0.15) is 0 Å². The molecule has 2 rings (SSSR count). The number of nitrogens with one attached hydrogen (secondary N) is 1. The van der Waals surface area contributed by atoms with Crippen LogP contribution in [0, 0.1) is 5.21 Å². The first-order valence-electron chi connectivity index (χ1n) is 6.21. The van der Waals surface area contributed by atoms with Gasteiger partial charge in [-0.25, -0.2) is 0 Å². The minimum Gasteiger partial charge on any atom is -0.616 e. The highest BCUT2D eigenvalue weighted by atomic mass is 19.3. The average Bonchev–Trinajstić information content (AvgIpc) is 2.48. The van der Waals surface area contributed by atoms with Crippen LogP contribution in [0.5, 0.6) is 11.6 Å². The summed E-state index contributed by atoms with van der Waals surface area (Å²) in [7, 11) is 0.